The average molecular weight is 411 g/mol. The van der Waals surface area contributed by atoms with Crippen LogP contribution < -0.4 is 11.4 Å². The molecule has 6 nitrogen and oxygen atoms in total. The minimum Gasteiger partial charge on any atom is -0.394 e. The van der Waals surface area contributed by atoms with E-state index in [1.165, 1.54) is 6.20 Å². The van der Waals surface area contributed by atoms with Crippen molar-refractivity contribution < 1.29 is 18.6 Å². The van der Waals surface area contributed by atoms with Crippen LogP contribution in [0.25, 0.3) is 6.08 Å². The molecule has 1 aromatic rings. The number of alkyl halides is 1. The standard InChI is InChI=1S/C12H12F2IN3O3/c13-3-7-9(14)8(5-19)21-11(7)18-4-6(1-2-15)10(16)17-12(18)20/h1-4,8-9,11,19H,5H2,(H2,16,17,20)/b2-1+,7-3+. The Balaban J connectivity index is 2.51. The fourth-order valence-electron chi connectivity index (χ4n) is 2.00. The zero-order valence-electron chi connectivity index (χ0n) is 10.6. The van der Waals surface area contributed by atoms with Crippen molar-refractivity contribution in [3.05, 3.63) is 38.2 Å². The van der Waals surface area contributed by atoms with Crippen LogP contribution in [0.2, 0.25) is 0 Å². The maximum Gasteiger partial charge on any atom is 0.351 e. The Hall–Kier alpha value is -1.33. The number of hydrogen-bond acceptors (Lipinski definition) is 5. The smallest absolute Gasteiger partial charge is 0.351 e. The molecule has 21 heavy (non-hydrogen) atoms. The SMILES string of the molecule is Nc1nc(=O)n(C2OC(CO)C(F)/C2=C\F)cc1/C=C/I. The Bertz CT molecular complexity index is 647. The minimum absolute atomic E-state index is 0.00319. The fourth-order valence-corrected chi connectivity index (χ4v) is 2.39. The van der Waals surface area contributed by atoms with Gasteiger partial charge in [0.05, 0.1) is 12.9 Å². The van der Waals surface area contributed by atoms with Crippen LogP contribution in [-0.4, -0.2) is 33.5 Å². The lowest BCUT2D eigenvalue weighted by Gasteiger charge is -2.15. The molecule has 1 saturated heterocycles. The number of hydrogen-bond donors (Lipinski definition) is 2. The molecule has 9 heteroatoms. The average Bonchev–Trinajstić information content (AvgIpc) is 2.78. The predicted molar refractivity (Wildman–Crippen MR) is 81.0 cm³/mol. The van der Waals surface area contributed by atoms with Crippen LogP contribution in [-0.2, 0) is 4.74 Å². The number of aromatic nitrogens is 2. The lowest BCUT2D eigenvalue weighted by atomic mass is 10.1. The highest BCUT2D eigenvalue weighted by Gasteiger charge is 2.41. The van der Waals surface area contributed by atoms with E-state index in [1.807, 2.05) is 22.6 Å². The van der Waals surface area contributed by atoms with Crippen molar-refractivity contribution in [1.29, 1.82) is 0 Å². The molecule has 0 aliphatic carbocycles. The summed E-state index contributed by atoms with van der Waals surface area (Å²) < 4.78 is 34.6. The van der Waals surface area contributed by atoms with Gasteiger partial charge in [-0.05, 0) is 10.2 Å². The van der Waals surface area contributed by atoms with Gasteiger partial charge in [-0.15, -0.1) is 0 Å². The van der Waals surface area contributed by atoms with Crippen molar-refractivity contribution in [2.75, 3.05) is 12.3 Å². The summed E-state index contributed by atoms with van der Waals surface area (Å²) in [5.74, 6) is 0.00319. The zero-order valence-corrected chi connectivity index (χ0v) is 12.8. The molecule has 1 aliphatic heterocycles. The first-order chi connectivity index (χ1) is 10.0. The van der Waals surface area contributed by atoms with E-state index >= 15 is 0 Å². The second kappa shape index (κ2) is 6.62. The number of anilines is 1. The first kappa shape index (κ1) is 16.0. The Morgan fingerprint density at radius 2 is 2.33 bits per heavy atom. The molecule has 0 spiro atoms. The van der Waals surface area contributed by atoms with Gasteiger partial charge >= 0.3 is 5.69 Å². The molecule has 1 fully saturated rings. The van der Waals surface area contributed by atoms with Crippen molar-refractivity contribution in [3.8, 4) is 0 Å². The van der Waals surface area contributed by atoms with E-state index < -0.39 is 30.8 Å². The summed E-state index contributed by atoms with van der Waals surface area (Å²) in [6, 6.07) is 0. The molecule has 2 heterocycles. The van der Waals surface area contributed by atoms with Crippen LogP contribution in [0, 0.1) is 0 Å². The maximum atomic E-state index is 13.9. The lowest BCUT2D eigenvalue weighted by molar-refractivity contribution is -0.0322. The Labute approximate surface area is 132 Å². The molecule has 0 bridgehead atoms. The highest BCUT2D eigenvalue weighted by atomic mass is 127. The fraction of sp³-hybridized carbons (Fsp3) is 0.333. The molecular formula is C12H12F2IN3O3. The summed E-state index contributed by atoms with van der Waals surface area (Å²) in [5.41, 5.74) is 4.83. The van der Waals surface area contributed by atoms with Gasteiger partial charge in [-0.2, -0.15) is 4.98 Å². The van der Waals surface area contributed by atoms with E-state index in [0.29, 0.717) is 5.56 Å². The Morgan fingerprint density at radius 1 is 1.62 bits per heavy atom. The number of aliphatic hydroxyl groups is 1. The van der Waals surface area contributed by atoms with Crippen LogP contribution in [0.15, 0.2) is 27.0 Å². The summed E-state index contributed by atoms with van der Waals surface area (Å²) in [7, 11) is 0. The number of aliphatic hydroxyl groups excluding tert-OH is 1. The lowest BCUT2D eigenvalue weighted by Crippen LogP contribution is -2.29. The summed E-state index contributed by atoms with van der Waals surface area (Å²) >= 11 is 1.95. The Kier molecular flexibility index (Phi) is 5.06. The van der Waals surface area contributed by atoms with E-state index in [2.05, 4.69) is 4.98 Å². The van der Waals surface area contributed by atoms with Crippen molar-refractivity contribution in [3.63, 3.8) is 0 Å². The highest BCUT2D eigenvalue weighted by Crippen LogP contribution is 2.35. The van der Waals surface area contributed by atoms with Crippen LogP contribution in [0.3, 0.4) is 0 Å². The largest absolute Gasteiger partial charge is 0.394 e. The molecule has 3 N–H and O–H groups in total. The molecular weight excluding hydrogens is 399 g/mol. The van der Waals surface area contributed by atoms with Gasteiger partial charge in [0.2, 0.25) is 0 Å². The first-order valence-electron chi connectivity index (χ1n) is 5.89. The number of ether oxygens (including phenoxy) is 1. The summed E-state index contributed by atoms with van der Waals surface area (Å²) in [6.07, 6.45) is -1.43. The number of halogens is 3. The molecule has 3 unspecified atom stereocenters. The van der Waals surface area contributed by atoms with Crippen molar-refractivity contribution in [2.24, 2.45) is 0 Å². The summed E-state index contributed by atoms with van der Waals surface area (Å²) in [5, 5.41) is 9.02. The van der Waals surface area contributed by atoms with Crippen molar-refractivity contribution >= 4 is 34.5 Å². The zero-order chi connectivity index (χ0) is 15.6. The molecule has 0 amide bonds. The quantitative estimate of drug-likeness (QED) is 0.733. The van der Waals surface area contributed by atoms with Gasteiger partial charge in [-0.3, -0.25) is 4.57 Å². The van der Waals surface area contributed by atoms with Gasteiger partial charge in [0, 0.05) is 17.3 Å². The molecule has 1 aromatic heterocycles. The number of nitrogens with two attached hydrogens (primary N) is 1. The van der Waals surface area contributed by atoms with E-state index in [4.69, 9.17) is 15.6 Å². The molecule has 0 aromatic carbocycles. The summed E-state index contributed by atoms with van der Waals surface area (Å²) in [6.45, 7) is -0.632. The number of nitrogen functional groups attached to an aromatic ring is 1. The van der Waals surface area contributed by atoms with Gasteiger partial charge < -0.3 is 15.6 Å². The molecule has 3 atom stereocenters. The van der Waals surface area contributed by atoms with Crippen LogP contribution in [0.5, 0.6) is 0 Å². The van der Waals surface area contributed by atoms with Crippen LogP contribution in [0.4, 0.5) is 14.6 Å². The van der Waals surface area contributed by atoms with E-state index in [-0.39, 0.29) is 17.7 Å². The second-order valence-corrected chi connectivity index (χ2v) is 5.00. The number of rotatable bonds is 3. The monoisotopic (exact) mass is 411 g/mol. The van der Waals surface area contributed by atoms with Crippen LogP contribution >= 0.6 is 22.6 Å². The highest BCUT2D eigenvalue weighted by molar-refractivity contribution is 14.1. The normalized spacial score (nSPS) is 27.8. The second-order valence-electron chi connectivity index (χ2n) is 4.28. The first-order valence-corrected chi connectivity index (χ1v) is 7.14. The van der Waals surface area contributed by atoms with E-state index in [1.54, 1.807) is 10.2 Å². The van der Waals surface area contributed by atoms with Gasteiger partial charge in [0.15, 0.2) is 12.4 Å². The molecule has 1 aliphatic rings. The van der Waals surface area contributed by atoms with Gasteiger partial charge in [-0.25, -0.2) is 13.6 Å². The van der Waals surface area contributed by atoms with E-state index in [0.717, 1.165) is 4.57 Å². The molecule has 0 radical (unpaired) electrons. The third-order valence-electron chi connectivity index (χ3n) is 3.05. The third kappa shape index (κ3) is 2.99. The van der Waals surface area contributed by atoms with Gasteiger partial charge in [-0.1, -0.05) is 22.6 Å². The van der Waals surface area contributed by atoms with Crippen molar-refractivity contribution in [2.45, 2.75) is 18.5 Å². The predicted octanol–water partition coefficient (Wildman–Crippen LogP) is 1.31. The maximum absolute atomic E-state index is 13.9. The van der Waals surface area contributed by atoms with Crippen molar-refractivity contribution in [1.82, 2.24) is 9.55 Å². The topological polar surface area (TPSA) is 90.4 Å². The Morgan fingerprint density at radius 3 is 2.90 bits per heavy atom. The number of nitrogens with zero attached hydrogens (tertiary/aromatic N) is 2. The van der Waals surface area contributed by atoms with Gasteiger partial charge in [0.25, 0.3) is 0 Å². The van der Waals surface area contributed by atoms with E-state index in [9.17, 15) is 13.6 Å². The molecule has 114 valence electrons. The molecule has 0 saturated carbocycles. The molecule has 2 rings (SSSR count). The minimum atomic E-state index is -1.84. The third-order valence-corrected chi connectivity index (χ3v) is 3.41. The van der Waals surface area contributed by atoms with Gasteiger partial charge in [0.1, 0.15) is 11.9 Å². The summed E-state index contributed by atoms with van der Waals surface area (Å²) in [4.78, 5) is 15.5. The van der Waals surface area contributed by atoms with Crippen LogP contribution in [0.1, 0.15) is 11.8 Å².